The van der Waals surface area contributed by atoms with Crippen molar-refractivity contribution in [2.24, 2.45) is 0 Å². The van der Waals surface area contributed by atoms with Gasteiger partial charge < -0.3 is 15.2 Å². The van der Waals surface area contributed by atoms with Crippen molar-refractivity contribution in [3.8, 4) is 5.75 Å². The van der Waals surface area contributed by atoms with Crippen molar-refractivity contribution in [3.05, 3.63) is 14.7 Å². The van der Waals surface area contributed by atoms with Gasteiger partial charge in [0.15, 0.2) is 0 Å². The van der Waals surface area contributed by atoms with E-state index in [9.17, 15) is 9.59 Å². The monoisotopic (exact) mass is 399 g/mol. The molecule has 1 aromatic rings. The zero-order valence-electron chi connectivity index (χ0n) is 10.7. The highest BCUT2D eigenvalue weighted by molar-refractivity contribution is 9.11. The Morgan fingerprint density at radius 2 is 2.15 bits per heavy atom. The Labute approximate surface area is 137 Å². The maximum absolute atomic E-state index is 11.8. The van der Waals surface area contributed by atoms with Crippen LogP contribution in [0.15, 0.2) is 9.85 Å². The van der Waals surface area contributed by atoms with Gasteiger partial charge in [-0.2, -0.15) is 0 Å². The number of carboxylic acids is 1. The number of carbonyl (C=O) groups excluding carboxylic acids is 1. The molecule has 2 N–H and O–H groups in total. The maximum atomic E-state index is 11.8. The van der Waals surface area contributed by atoms with Gasteiger partial charge in [-0.3, -0.25) is 9.59 Å². The Morgan fingerprint density at radius 3 is 2.75 bits per heavy atom. The molecule has 9 heteroatoms. The summed E-state index contributed by atoms with van der Waals surface area (Å²) < 4.78 is 5.89. The summed E-state index contributed by atoms with van der Waals surface area (Å²) in [6.07, 6.45) is 0.160. The highest BCUT2D eigenvalue weighted by atomic mass is 79.9. The van der Waals surface area contributed by atoms with Crippen LogP contribution in [0, 0.1) is 0 Å². The minimum Gasteiger partial charge on any atom is -0.495 e. The molecule has 0 saturated heterocycles. The predicted molar refractivity (Wildman–Crippen MR) is 88.1 cm³/mol. The topological polar surface area (TPSA) is 75.6 Å². The van der Waals surface area contributed by atoms with Crippen molar-refractivity contribution in [2.75, 3.05) is 25.2 Å². The molecule has 1 amide bonds. The summed E-state index contributed by atoms with van der Waals surface area (Å²) in [6, 6.07) is 1.69. The highest BCUT2D eigenvalue weighted by Crippen LogP contribution is 2.34. The van der Waals surface area contributed by atoms with Gasteiger partial charge in [0, 0.05) is 24.1 Å². The van der Waals surface area contributed by atoms with Gasteiger partial charge in [0.25, 0.3) is 5.91 Å². The molecule has 0 aliphatic carbocycles. The Kier molecular flexibility index (Phi) is 8.43. The van der Waals surface area contributed by atoms with Crippen molar-refractivity contribution in [1.29, 1.82) is 0 Å². The first-order valence-corrected chi connectivity index (χ1v) is 9.72. The van der Waals surface area contributed by atoms with E-state index in [0.717, 1.165) is 9.54 Å². The fourth-order valence-electron chi connectivity index (χ4n) is 1.14. The van der Waals surface area contributed by atoms with Gasteiger partial charge in [0.1, 0.15) is 9.54 Å². The van der Waals surface area contributed by atoms with E-state index in [0.29, 0.717) is 22.9 Å². The zero-order chi connectivity index (χ0) is 15.0. The predicted octanol–water partition coefficient (Wildman–Crippen LogP) is 3.11. The fourth-order valence-corrected chi connectivity index (χ4v) is 4.60. The van der Waals surface area contributed by atoms with Gasteiger partial charge in [-0.05, 0) is 15.9 Å². The molecule has 112 valence electrons. The SMILES string of the molecule is COc1cc(C(=O)NCCSSCCC(=O)O)sc1Br. The van der Waals surface area contributed by atoms with Crippen molar-refractivity contribution >= 4 is 60.7 Å². The smallest absolute Gasteiger partial charge is 0.304 e. The van der Waals surface area contributed by atoms with E-state index in [1.165, 1.54) is 22.1 Å². The molecule has 0 unspecified atom stereocenters. The number of ether oxygens (including phenoxy) is 1. The van der Waals surface area contributed by atoms with Gasteiger partial charge in [-0.25, -0.2) is 0 Å². The third-order valence-corrected chi connectivity index (χ3v) is 6.24. The molecular weight excluding hydrogens is 386 g/mol. The molecule has 0 saturated carbocycles. The summed E-state index contributed by atoms with van der Waals surface area (Å²) in [5.74, 6) is 1.04. The van der Waals surface area contributed by atoms with Crippen molar-refractivity contribution in [3.63, 3.8) is 0 Å². The normalized spacial score (nSPS) is 10.3. The summed E-state index contributed by atoms with van der Waals surface area (Å²) in [7, 11) is 4.61. The van der Waals surface area contributed by atoms with Gasteiger partial charge in [0.2, 0.25) is 0 Å². The molecule has 0 atom stereocenters. The first-order chi connectivity index (χ1) is 9.54. The lowest BCUT2D eigenvalue weighted by Gasteiger charge is -2.02. The van der Waals surface area contributed by atoms with Crippen LogP contribution < -0.4 is 10.1 Å². The van der Waals surface area contributed by atoms with Gasteiger partial charge >= 0.3 is 5.97 Å². The maximum Gasteiger partial charge on any atom is 0.304 e. The number of amides is 1. The number of aliphatic carboxylic acids is 1. The number of hydrogen-bond donors (Lipinski definition) is 2. The fraction of sp³-hybridized carbons (Fsp3) is 0.455. The first-order valence-electron chi connectivity index (χ1n) is 5.62. The van der Waals surface area contributed by atoms with Gasteiger partial charge in [-0.1, -0.05) is 21.6 Å². The summed E-state index contributed by atoms with van der Waals surface area (Å²) in [6.45, 7) is 0.543. The van der Waals surface area contributed by atoms with Crippen LogP contribution in [-0.2, 0) is 4.79 Å². The zero-order valence-corrected chi connectivity index (χ0v) is 14.7. The standard InChI is InChI=1S/C11H14BrNO4S3/c1-17-7-6-8(20-10(7)12)11(16)13-3-5-19-18-4-2-9(14)15/h6H,2-5H2,1H3,(H,13,16)(H,14,15). The largest absolute Gasteiger partial charge is 0.495 e. The Bertz CT molecular complexity index is 467. The Hall–Kier alpha value is -0.380. The average molecular weight is 400 g/mol. The molecule has 1 rings (SSSR count). The van der Waals surface area contributed by atoms with Crippen LogP contribution in [0.5, 0.6) is 5.75 Å². The molecule has 0 spiro atoms. The summed E-state index contributed by atoms with van der Waals surface area (Å²) >= 11 is 4.65. The quantitative estimate of drug-likeness (QED) is 0.490. The number of carboxylic acid groups (broad SMARTS) is 1. The van der Waals surface area contributed by atoms with Crippen LogP contribution in [0.1, 0.15) is 16.1 Å². The van der Waals surface area contributed by atoms with E-state index in [1.807, 2.05) is 0 Å². The lowest BCUT2D eigenvalue weighted by atomic mass is 10.4. The number of hydrogen-bond acceptors (Lipinski definition) is 6. The molecule has 1 heterocycles. The van der Waals surface area contributed by atoms with Gasteiger partial charge in [0.05, 0.1) is 18.4 Å². The Balaban J connectivity index is 2.18. The number of rotatable bonds is 9. The molecule has 5 nitrogen and oxygen atoms in total. The summed E-state index contributed by atoms with van der Waals surface area (Å²) in [4.78, 5) is 22.7. The number of carbonyl (C=O) groups is 2. The second-order valence-corrected chi connectivity index (χ2v) is 8.57. The molecule has 20 heavy (non-hydrogen) atoms. The molecule has 1 aromatic heterocycles. The minimum atomic E-state index is -0.788. The van der Waals surface area contributed by atoms with Crippen LogP contribution in [0.25, 0.3) is 0 Å². The lowest BCUT2D eigenvalue weighted by molar-refractivity contribution is -0.136. The molecule has 0 aliphatic heterocycles. The third-order valence-electron chi connectivity index (χ3n) is 2.05. The van der Waals surface area contributed by atoms with E-state index < -0.39 is 5.97 Å². The Morgan fingerprint density at radius 1 is 1.45 bits per heavy atom. The van der Waals surface area contributed by atoms with E-state index in [1.54, 1.807) is 24.0 Å². The second-order valence-electron chi connectivity index (χ2n) is 3.50. The number of halogens is 1. The molecule has 0 fully saturated rings. The van der Waals surface area contributed by atoms with Crippen molar-refractivity contribution in [1.82, 2.24) is 5.32 Å². The summed E-state index contributed by atoms with van der Waals surface area (Å²) in [5, 5.41) is 11.3. The molecule has 0 radical (unpaired) electrons. The van der Waals surface area contributed by atoms with E-state index in [4.69, 9.17) is 9.84 Å². The number of nitrogens with one attached hydrogen (secondary N) is 1. The molecule has 0 aromatic carbocycles. The van der Waals surface area contributed by atoms with Crippen molar-refractivity contribution < 1.29 is 19.4 Å². The minimum absolute atomic E-state index is 0.130. The first kappa shape index (κ1) is 17.7. The lowest BCUT2D eigenvalue weighted by Crippen LogP contribution is -2.24. The highest BCUT2D eigenvalue weighted by Gasteiger charge is 2.13. The average Bonchev–Trinajstić information content (AvgIpc) is 2.78. The number of thiophene rings is 1. The molecule has 0 aliphatic rings. The summed E-state index contributed by atoms with van der Waals surface area (Å²) in [5.41, 5.74) is 0. The van der Waals surface area contributed by atoms with Crippen LogP contribution >= 0.6 is 48.9 Å². The third kappa shape index (κ3) is 6.38. The van der Waals surface area contributed by atoms with Crippen LogP contribution in [0.3, 0.4) is 0 Å². The number of methoxy groups -OCH3 is 1. The molecule has 0 bridgehead atoms. The molecular formula is C11H14BrNO4S3. The van der Waals surface area contributed by atoms with Crippen LogP contribution in [0.4, 0.5) is 0 Å². The van der Waals surface area contributed by atoms with E-state index >= 15 is 0 Å². The van der Waals surface area contributed by atoms with E-state index in [-0.39, 0.29) is 12.3 Å². The van der Waals surface area contributed by atoms with Gasteiger partial charge in [-0.15, -0.1) is 11.3 Å². The van der Waals surface area contributed by atoms with Crippen LogP contribution in [0.2, 0.25) is 0 Å². The second kappa shape index (κ2) is 9.54. The van der Waals surface area contributed by atoms with E-state index in [2.05, 4.69) is 21.2 Å². The van der Waals surface area contributed by atoms with Crippen LogP contribution in [-0.4, -0.2) is 42.1 Å². The van der Waals surface area contributed by atoms with Crippen molar-refractivity contribution in [2.45, 2.75) is 6.42 Å².